The lowest BCUT2D eigenvalue weighted by Crippen LogP contribution is -2.61. The van der Waals surface area contributed by atoms with Crippen LogP contribution < -0.4 is 0 Å². The molecule has 0 amide bonds. The molecule has 0 bridgehead atoms. The Bertz CT molecular complexity index is 1550. The van der Waals surface area contributed by atoms with Crippen molar-refractivity contribution in [3.63, 3.8) is 0 Å². The number of aliphatic hydroxyl groups is 8. The minimum absolute atomic E-state index is 0.274. The average Bonchev–Trinajstić information content (AvgIpc) is 3.34. The molecular formula is C52H92O28. The van der Waals surface area contributed by atoms with Gasteiger partial charge in [0.05, 0.1) is 48.8 Å². The number of ether oxygens (including phenoxy) is 12. The third kappa shape index (κ3) is 25.8. The lowest BCUT2D eigenvalue weighted by Gasteiger charge is -2.41. The van der Waals surface area contributed by atoms with E-state index >= 15 is 0 Å². The summed E-state index contributed by atoms with van der Waals surface area (Å²) in [5, 5.41) is 116. The first kappa shape index (κ1) is 78.3. The van der Waals surface area contributed by atoms with Gasteiger partial charge in [-0.25, -0.2) is 19.2 Å². The molecule has 468 valence electrons. The zero-order chi connectivity index (χ0) is 63.0. The molecule has 4 aliphatic rings. The second-order valence-corrected chi connectivity index (χ2v) is 20.3. The van der Waals surface area contributed by atoms with Crippen LogP contribution in [0.2, 0.25) is 0 Å². The maximum atomic E-state index is 11.2. The van der Waals surface area contributed by atoms with Crippen LogP contribution in [0.15, 0.2) is 0 Å². The fourth-order valence-electron chi connectivity index (χ4n) is 7.53. The molecule has 20 atom stereocenters. The summed E-state index contributed by atoms with van der Waals surface area (Å²) in [6.07, 6.45) is -12.2. The van der Waals surface area contributed by atoms with Crippen molar-refractivity contribution in [1.82, 2.24) is 0 Å². The number of carboxylic acid groups (broad SMARTS) is 4. The first-order valence-electron chi connectivity index (χ1n) is 25.8. The molecule has 4 aliphatic heterocycles. The predicted octanol–water partition coefficient (Wildman–Crippen LogP) is -0.556. The maximum absolute atomic E-state index is 11.2. The molecule has 4 fully saturated rings. The Balaban J connectivity index is 0. The van der Waals surface area contributed by atoms with Gasteiger partial charge in [0.2, 0.25) is 0 Å². The monoisotopic (exact) mass is 1160 g/mol. The van der Waals surface area contributed by atoms with Gasteiger partial charge in [0.25, 0.3) is 0 Å². The molecule has 4 saturated heterocycles. The van der Waals surface area contributed by atoms with Crippen molar-refractivity contribution in [2.24, 2.45) is 0 Å². The summed E-state index contributed by atoms with van der Waals surface area (Å²) in [5.41, 5.74) is 0. The van der Waals surface area contributed by atoms with Crippen molar-refractivity contribution in [2.75, 3.05) is 0 Å². The molecule has 0 aromatic heterocycles. The second-order valence-electron chi connectivity index (χ2n) is 20.3. The fourth-order valence-corrected chi connectivity index (χ4v) is 7.53. The van der Waals surface area contributed by atoms with Crippen molar-refractivity contribution in [3.05, 3.63) is 0 Å². The van der Waals surface area contributed by atoms with Crippen LogP contribution >= 0.6 is 0 Å². The van der Waals surface area contributed by atoms with Crippen LogP contribution in [-0.2, 0) is 76.0 Å². The summed E-state index contributed by atoms with van der Waals surface area (Å²) in [4.78, 5) is 44.7. The normalized spacial score (nSPS) is 34.1. The van der Waals surface area contributed by atoms with E-state index in [9.17, 15) is 60.0 Å². The minimum atomic E-state index is -1.39. The van der Waals surface area contributed by atoms with Gasteiger partial charge < -0.3 is 118 Å². The Morgan fingerprint density at radius 1 is 0.275 bits per heavy atom. The van der Waals surface area contributed by atoms with E-state index in [4.69, 9.17) is 77.3 Å². The lowest BCUT2D eigenvalue weighted by molar-refractivity contribution is -0.310. The van der Waals surface area contributed by atoms with Gasteiger partial charge in [-0.2, -0.15) is 0 Å². The standard InChI is InChI=1S/4C12H22O7.2C2H2/c4*1-5(2)17-9-7(13)8(14)12(18-6(3)4)19-10(9)11(15)16;2*1-2/h4*5-10,12-14H,1-4H3,(H,15,16);2*1-2H/t2*7-,8?,9+,10?,12?;7-,8+,9+,10+,12-;7-,8+,9+,10-,12-;;/m1111../s1. The van der Waals surface area contributed by atoms with E-state index in [2.05, 4.69) is 25.7 Å². The van der Waals surface area contributed by atoms with Gasteiger partial charge in [-0.15, -0.1) is 25.7 Å². The zero-order valence-corrected chi connectivity index (χ0v) is 48.4. The maximum Gasteiger partial charge on any atom is 0.335 e. The molecule has 4 rings (SSSR count). The van der Waals surface area contributed by atoms with Crippen LogP contribution in [0.5, 0.6) is 0 Å². The largest absolute Gasteiger partial charge is 0.479 e. The van der Waals surface area contributed by atoms with E-state index in [0.717, 1.165) is 0 Å². The summed E-state index contributed by atoms with van der Waals surface area (Å²) in [6.45, 7) is 27.4. The number of rotatable bonds is 20. The molecule has 80 heavy (non-hydrogen) atoms. The molecule has 6 unspecified atom stereocenters. The molecule has 0 aromatic rings. The number of aliphatic hydroxyl groups excluding tert-OH is 8. The first-order valence-corrected chi connectivity index (χ1v) is 25.8. The van der Waals surface area contributed by atoms with Gasteiger partial charge in [0, 0.05) is 0 Å². The molecule has 28 nitrogen and oxygen atoms in total. The molecular weight excluding hydrogens is 1070 g/mol. The number of hydrogen-bond donors (Lipinski definition) is 12. The van der Waals surface area contributed by atoms with E-state index in [0.29, 0.717) is 0 Å². The molecule has 0 aromatic carbocycles. The Hall–Kier alpha value is -3.80. The van der Waals surface area contributed by atoms with Crippen LogP contribution in [0.3, 0.4) is 0 Å². The van der Waals surface area contributed by atoms with Crippen molar-refractivity contribution in [2.45, 2.75) is 282 Å². The Kier molecular flexibility index (Phi) is 37.3. The van der Waals surface area contributed by atoms with Crippen molar-refractivity contribution in [1.29, 1.82) is 0 Å². The molecule has 0 spiro atoms. The summed E-state index contributed by atoms with van der Waals surface area (Å²) in [6, 6.07) is 0. The SMILES string of the molecule is C#C.C#C.CC(C)OC1OC(C(=O)O)[C@@H](OC(C)C)[C@H](O)C1O.CC(C)OC1OC(C(=O)O)[C@@H](OC(C)C)[C@H](O)C1O.CC(C)O[C@@H]1O[C@@H](C(=O)O)[C@@H](OC(C)C)[C@H](O)[C@@H]1O.CC(C)O[C@@H]1O[C@H](C(=O)O)[C@@H](OC(C)C)[C@H](O)[C@@H]1O. The summed E-state index contributed by atoms with van der Waals surface area (Å²) in [7, 11) is 0. The van der Waals surface area contributed by atoms with E-state index < -0.39 is 147 Å². The summed E-state index contributed by atoms with van der Waals surface area (Å²) < 4.78 is 63.1. The van der Waals surface area contributed by atoms with Gasteiger partial charge in [-0.1, -0.05) is 0 Å². The van der Waals surface area contributed by atoms with Crippen molar-refractivity contribution < 1.29 is 137 Å². The van der Waals surface area contributed by atoms with E-state index in [1.165, 1.54) is 0 Å². The van der Waals surface area contributed by atoms with Gasteiger partial charge >= 0.3 is 23.9 Å². The minimum Gasteiger partial charge on any atom is -0.479 e. The Morgan fingerprint density at radius 3 is 0.500 bits per heavy atom. The topological polar surface area (TPSA) is 422 Å². The highest BCUT2D eigenvalue weighted by molar-refractivity contribution is 5.74. The summed E-state index contributed by atoms with van der Waals surface area (Å²) in [5.74, 6) is -5.08. The third-order valence-corrected chi connectivity index (χ3v) is 10.5. The zero-order valence-electron chi connectivity index (χ0n) is 48.4. The molecule has 0 radical (unpaired) electrons. The van der Waals surface area contributed by atoms with Gasteiger partial charge in [-0.3, -0.25) is 0 Å². The van der Waals surface area contributed by atoms with Crippen LogP contribution in [0.4, 0.5) is 0 Å². The van der Waals surface area contributed by atoms with Gasteiger partial charge in [0.1, 0.15) is 73.2 Å². The Labute approximate surface area is 468 Å². The molecule has 4 heterocycles. The van der Waals surface area contributed by atoms with Crippen LogP contribution in [0, 0.1) is 25.7 Å². The van der Waals surface area contributed by atoms with Gasteiger partial charge in [0.15, 0.2) is 49.6 Å². The first-order chi connectivity index (χ1) is 36.9. The second kappa shape index (κ2) is 38.1. The molecule has 12 N–H and O–H groups in total. The Morgan fingerprint density at radius 2 is 0.400 bits per heavy atom. The highest BCUT2D eigenvalue weighted by atomic mass is 16.7. The number of terminal acetylenes is 2. The smallest absolute Gasteiger partial charge is 0.335 e. The number of hydrogen-bond acceptors (Lipinski definition) is 24. The predicted molar refractivity (Wildman–Crippen MR) is 278 cm³/mol. The van der Waals surface area contributed by atoms with Crippen molar-refractivity contribution >= 4 is 23.9 Å². The number of aliphatic carboxylic acids is 4. The van der Waals surface area contributed by atoms with E-state index in [-0.39, 0.29) is 48.8 Å². The lowest BCUT2D eigenvalue weighted by atomic mass is 9.98. The van der Waals surface area contributed by atoms with Crippen LogP contribution in [-0.4, -0.2) is 257 Å². The van der Waals surface area contributed by atoms with E-state index in [1.807, 2.05) is 0 Å². The number of carboxylic acids is 4. The highest BCUT2D eigenvalue weighted by Crippen LogP contribution is 2.30. The van der Waals surface area contributed by atoms with Gasteiger partial charge in [-0.05, 0) is 111 Å². The van der Waals surface area contributed by atoms with Crippen LogP contribution in [0.25, 0.3) is 0 Å². The van der Waals surface area contributed by atoms with Crippen LogP contribution in [0.1, 0.15) is 111 Å². The van der Waals surface area contributed by atoms with Crippen molar-refractivity contribution in [3.8, 4) is 25.7 Å². The fraction of sp³-hybridized carbons (Fsp3) is 0.846. The quantitative estimate of drug-likeness (QED) is 0.0680. The van der Waals surface area contributed by atoms with E-state index in [1.54, 1.807) is 111 Å². The number of carbonyl (C=O) groups is 4. The molecule has 0 aliphatic carbocycles. The summed E-state index contributed by atoms with van der Waals surface area (Å²) >= 11 is 0. The average molecular weight is 1170 g/mol. The molecule has 28 heteroatoms. The molecule has 0 saturated carbocycles. The third-order valence-electron chi connectivity index (χ3n) is 10.5. The highest BCUT2D eigenvalue weighted by Gasteiger charge is 2.53.